The summed E-state index contributed by atoms with van der Waals surface area (Å²) in [5, 5.41) is 3.20. The van der Waals surface area contributed by atoms with Crippen molar-refractivity contribution in [2.75, 3.05) is 27.2 Å². The molecule has 0 fully saturated rings. The fraction of sp³-hybridized carbons (Fsp3) is 0.833. The molecule has 2 N–H and O–H groups in total. The van der Waals surface area contributed by atoms with Crippen LogP contribution in [0.4, 0.5) is 13.2 Å². The molecule has 0 atom stereocenters. The number of nitrogens with zero attached hydrogens (tertiary/aromatic N) is 1. The molecule has 0 aliphatic rings. The molecular weight excluding hydrogens is 187 g/mol. The third kappa shape index (κ3) is 9.09. The summed E-state index contributed by atoms with van der Waals surface area (Å²) in [6.45, 7) is -1.45. The largest absolute Gasteiger partial charge is 0.405 e. The van der Waals surface area contributed by atoms with Crippen LogP contribution in [-0.4, -0.2) is 44.3 Å². The number of hydrogen-bond donors (Lipinski definition) is 2. The highest BCUT2D eigenvalue weighted by molar-refractivity contribution is 5.77. The lowest BCUT2D eigenvalue weighted by atomic mass is 10.5. The summed E-state index contributed by atoms with van der Waals surface area (Å²) in [4.78, 5) is 10.7. The summed E-state index contributed by atoms with van der Waals surface area (Å²) in [7, 11) is 3.27. The molecule has 0 unspecified atom stereocenters. The minimum atomic E-state index is -4.35. The molecule has 0 heterocycles. The Morgan fingerprint density at radius 2 is 1.92 bits per heavy atom. The van der Waals surface area contributed by atoms with E-state index in [0.29, 0.717) is 0 Å². The zero-order valence-electron chi connectivity index (χ0n) is 7.40. The van der Waals surface area contributed by atoms with Gasteiger partial charge in [-0.2, -0.15) is 13.2 Å². The first-order valence-corrected chi connectivity index (χ1v) is 3.55. The minimum absolute atomic E-state index is 0.164. The van der Waals surface area contributed by atoms with Gasteiger partial charge < -0.3 is 5.32 Å². The monoisotopic (exact) mass is 199 g/mol. The van der Waals surface area contributed by atoms with Crippen molar-refractivity contribution in [2.45, 2.75) is 6.18 Å². The Labute approximate surface area is 74.1 Å². The van der Waals surface area contributed by atoms with Crippen LogP contribution in [0.3, 0.4) is 0 Å². The quantitative estimate of drug-likeness (QED) is 0.613. The van der Waals surface area contributed by atoms with Crippen LogP contribution in [0.15, 0.2) is 0 Å². The summed E-state index contributed by atoms with van der Waals surface area (Å²) >= 11 is 0. The standard InChI is InChI=1S/C6H12F3N3O/c1-12(2)11-3-5(13)10-4-6(7,8)9/h11H,3-4H2,1-2H3,(H,10,13). The van der Waals surface area contributed by atoms with Crippen LogP contribution >= 0.6 is 0 Å². The van der Waals surface area contributed by atoms with Crippen molar-refractivity contribution in [1.82, 2.24) is 15.8 Å². The number of alkyl halides is 3. The predicted octanol–water partition coefficient (Wildman–Crippen LogP) is -0.269. The number of hydrazine groups is 1. The molecule has 0 aliphatic carbocycles. The number of halogens is 3. The van der Waals surface area contributed by atoms with E-state index < -0.39 is 18.6 Å². The first-order chi connectivity index (χ1) is 5.81. The van der Waals surface area contributed by atoms with Crippen LogP contribution in [0.25, 0.3) is 0 Å². The smallest absolute Gasteiger partial charge is 0.346 e. The second-order valence-electron chi connectivity index (χ2n) is 2.62. The molecule has 7 heteroatoms. The van der Waals surface area contributed by atoms with E-state index in [2.05, 4.69) is 5.43 Å². The molecule has 1 amide bonds. The molecule has 0 bridgehead atoms. The molecule has 0 rings (SSSR count). The maximum Gasteiger partial charge on any atom is 0.405 e. The Morgan fingerprint density at radius 1 is 1.38 bits per heavy atom. The second-order valence-corrected chi connectivity index (χ2v) is 2.62. The molecule has 13 heavy (non-hydrogen) atoms. The summed E-state index contributed by atoms with van der Waals surface area (Å²) in [6.07, 6.45) is -4.35. The molecule has 0 saturated carbocycles. The molecule has 0 aromatic rings. The van der Waals surface area contributed by atoms with Gasteiger partial charge in [0.25, 0.3) is 0 Å². The zero-order chi connectivity index (χ0) is 10.5. The van der Waals surface area contributed by atoms with E-state index in [1.807, 2.05) is 0 Å². The van der Waals surface area contributed by atoms with Crippen molar-refractivity contribution >= 4 is 5.91 Å². The number of carbonyl (C=O) groups is 1. The third-order valence-electron chi connectivity index (χ3n) is 1.04. The number of amides is 1. The molecule has 0 aromatic heterocycles. The fourth-order valence-corrected chi connectivity index (χ4v) is 0.491. The molecule has 0 aliphatic heterocycles. The van der Waals surface area contributed by atoms with E-state index in [1.54, 1.807) is 19.4 Å². The van der Waals surface area contributed by atoms with Crippen molar-refractivity contribution in [3.8, 4) is 0 Å². The van der Waals surface area contributed by atoms with Gasteiger partial charge in [-0.25, -0.2) is 5.43 Å². The van der Waals surface area contributed by atoms with Gasteiger partial charge in [0.15, 0.2) is 0 Å². The Hall–Kier alpha value is -0.820. The van der Waals surface area contributed by atoms with Crippen LogP contribution in [0.5, 0.6) is 0 Å². The Balaban J connectivity index is 3.53. The molecule has 0 aromatic carbocycles. The van der Waals surface area contributed by atoms with E-state index in [4.69, 9.17) is 0 Å². The zero-order valence-corrected chi connectivity index (χ0v) is 7.40. The van der Waals surface area contributed by atoms with Crippen molar-refractivity contribution in [3.63, 3.8) is 0 Å². The van der Waals surface area contributed by atoms with E-state index in [-0.39, 0.29) is 6.54 Å². The van der Waals surface area contributed by atoms with Crippen LogP contribution in [-0.2, 0) is 4.79 Å². The normalized spacial score (nSPS) is 11.8. The average Bonchev–Trinajstić information content (AvgIpc) is 1.95. The fourth-order valence-electron chi connectivity index (χ4n) is 0.491. The van der Waals surface area contributed by atoms with Crippen LogP contribution in [0, 0.1) is 0 Å². The minimum Gasteiger partial charge on any atom is -0.346 e. The lowest BCUT2D eigenvalue weighted by Gasteiger charge is -2.12. The van der Waals surface area contributed by atoms with Gasteiger partial charge in [-0.3, -0.25) is 9.80 Å². The van der Waals surface area contributed by atoms with Crippen molar-refractivity contribution < 1.29 is 18.0 Å². The Morgan fingerprint density at radius 3 is 2.31 bits per heavy atom. The molecular formula is C6H12F3N3O. The topological polar surface area (TPSA) is 44.4 Å². The van der Waals surface area contributed by atoms with Gasteiger partial charge in [0, 0.05) is 14.1 Å². The maximum atomic E-state index is 11.6. The van der Waals surface area contributed by atoms with E-state index >= 15 is 0 Å². The highest BCUT2D eigenvalue weighted by Gasteiger charge is 2.27. The first kappa shape index (κ1) is 12.2. The van der Waals surface area contributed by atoms with E-state index in [0.717, 1.165) is 0 Å². The second kappa shape index (κ2) is 5.03. The van der Waals surface area contributed by atoms with E-state index in [1.165, 1.54) is 5.01 Å². The highest BCUT2D eigenvalue weighted by atomic mass is 19.4. The lowest BCUT2D eigenvalue weighted by molar-refractivity contribution is -0.138. The Kier molecular flexibility index (Phi) is 4.71. The molecule has 78 valence electrons. The van der Waals surface area contributed by atoms with Crippen molar-refractivity contribution in [3.05, 3.63) is 0 Å². The van der Waals surface area contributed by atoms with Crippen molar-refractivity contribution in [1.29, 1.82) is 0 Å². The number of nitrogens with one attached hydrogen (secondary N) is 2. The third-order valence-corrected chi connectivity index (χ3v) is 1.04. The van der Waals surface area contributed by atoms with Gasteiger partial charge in [-0.15, -0.1) is 0 Å². The first-order valence-electron chi connectivity index (χ1n) is 3.55. The van der Waals surface area contributed by atoms with Gasteiger partial charge in [0.1, 0.15) is 6.54 Å². The van der Waals surface area contributed by atoms with Crippen LogP contribution in [0.2, 0.25) is 0 Å². The summed E-state index contributed by atoms with van der Waals surface area (Å²) in [5.41, 5.74) is 2.54. The van der Waals surface area contributed by atoms with Gasteiger partial charge in [0.05, 0.1) is 6.54 Å². The molecule has 0 spiro atoms. The average molecular weight is 199 g/mol. The van der Waals surface area contributed by atoms with Crippen LogP contribution < -0.4 is 10.7 Å². The predicted molar refractivity (Wildman–Crippen MR) is 40.8 cm³/mol. The number of rotatable bonds is 4. The highest BCUT2D eigenvalue weighted by Crippen LogP contribution is 2.11. The van der Waals surface area contributed by atoms with Gasteiger partial charge in [-0.1, -0.05) is 0 Å². The van der Waals surface area contributed by atoms with Crippen molar-refractivity contribution in [2.24, 2.45) is 0 Å². The molecule has 0 saturated heterocycles. The lowest BCUT2D eigenvalue weighted by Crippen LogP contribution is -2.42. The van der Waals surface area contributed by atoms with Crippen LogP contribution in [0.1, 0.15) is 0 Å². The van der Waals surface area contributed by atoms with E-state index in [9.17, 15) is 18.0 Å². The maximum absolute atomic E-state index is 11.6. The van der Waals surface area contributed by atoms with Gasteiger partial charge >= 0.3 is 6.18 Å². The summed E-state index contributed by atoms with van der Waals surface area (Å²) < 4.78 is 34.7. The number of hydrogen-bond acceptors (Lipinski definition) is 3. The Bertz CT molecular complexity index is 169. The van der Waals surface area contributed by atoms with Gasteiger partial charge in [-0.05, 0) is 0 Å². The molecule has 4 nitrogen and oxygen atoms in total. The number of carbonyl (C=O) groups excluding carboxylic acids is 1. The summed E-state index contributed by atoms with van der Waals surface area (Å²) in [6, 6.07) is 0. The summed E-state index contributed by atoms with van der Waals surface area (Å²) in [5.74, 6) is -0.689. The SMILES string of the molecule is CN(C)NCC(=O)NCC(F)(F)F. The molecule has 0 radical (unpaired) electrons. The van der Waals surface area contributed by atoms with Gasteiger partial charge in [0.2, 0.25) is 5.91 Å².